The van der Waals surface area contributed by atoms with Crippen molar-refractivity contribution in [1.29, 1.82) is 0 Å². The lowest BCUT2D eigenvalue weighted by Crippen LogP contribution is -2.29. The maximum Gasteiger partial charge on any atom is 0.120 e. The number of aliphatic hydroxyl groups is 1. The lowest BCUT2D eigenvalue weighted by molar-refractivity contribution is 0.0765. The molecule has 3 nitrogen and oxygen atoms in total. The van der Waals surface area contributed by atoms with Crippen LogP contribution in [0.3, 0.4) is 0 Å². The molecule has 1 N–H and O–H groups in total. The molecule has 31 heavy (non-hydrogen) atoms. The fraction of sp³-hybridized carbons (Fsp3) is 0.357. The van der Waals surface area contributed by atoms with Crippen LogP contribution in [0.15, 0.2) is 72.8 Å². The maximum atomic E-state index is 9.20. The average molecular weight is 420 g/mol. The quantitative estimate of drug-likeness (QED) is 0.425. The van der Waals surface area contributed by atoms with Gasteiger partial charge in [0.1, 0.15) is 11.4 Å². The number of rotatable bonds is 7. The van der Waals surface area contributed by atoms with Crippen LogP contribution in [0.4, 0.5) is 17.1 Å². The summed E-state index contributed by atoms with van der Waals surface area (Å²) in [6.07, 6.45) is 1.84. The first-order valence-electron chi connectivity index (χ1n) is 11.1. The highest BCUT2D eigenvalue weighted by Crippen LogP contribution is 2.36. The van der Waals surface area contributed by atoms with Gasteiger partial charge in [-0.1, -0.05) is 55.7 Å². The van der Waals surface area contributed by atoms with Crippen molar-refractivity contribution in [3.63, 3.8) is 0 Å². The Hall–Kier alpha value is -2.78. The van der Waals surface area contributed by atoms with E-state index in [1.54, 1.807) is 0 Å². The fourth-order valence-corrected chi connectivity index (χ4v) is 3.14. The van der Waals surface area contributed by atoms with E-state index in [0.717, 1.165) is 22.8 Å². The van der Waals surface area contributed by atoms with Crippen LogP contribution in [0, 0.1) is 13.8 Å². The zero-order valence-electron chi connectivity index (χ0n) is 19.9. The molecule has 3 aromatic carbocycles. The average Bonchev–Trinajstić information content (AvgIpc) is 2.72. The van der Waals surface area contributed by atoms with Crippen LogP contribution < -0.4 is 9.64 Å². The monoisotopic (exact) mass is 419 g/mol. The molecule has 0 saturated heterocycles. The first kappa shape index (κ1) is 24.5. The standard InChI is InChI=1S/C25H29NO2.C3H8/c1-19-5-9-21(10-6-19)26(22-11-7-20(2)8-12-22)23-13-15-24(16-14-23)28-25(3,4)17-18-27;1-3-2/h5-16,27H,17-18H2,1-4H3;3H2,1-2H3. The second-order valence-corrected chi connectivity index (χ2v) is 8.54. The number of anilines is 3. The van der Waals surface area contributed by atoms with Crippen molar-refractivity contribution in [3.05, 3.63) is 83.9 Å². The molecule has 0 aromatic heterocycles. The van der Waals surface area contributed by atoms with Crippen LogP contribution in [0.1, 0.15) is 51.7 Å². The third-order valence-electron chi connectivity index (χ3n) is 4.79. The van der Waals surface area contributed by atoms with E-state index in [2.05, 4.69) is 93.3 Å². The second kappa shape index (κ2) is 11.6. The molecule has 0 aliphatic heterocycles. The molecule has 0 aliphatic carbocycles. The smallest absolute Gasteiger partial charge is 0.120 e. The summed E-state index contributed by atoms with van der Waals surface area (Å²) in [5.74, 6) is 0.801. The highest BCUT2D eigenvalue weighted by atomic mass is 16.5. The Bertz CT molecular complexity index is 852. The van der Waals surface area contributed by atoms with Gasteiger partial charge >= 0.3 is 0 Å². The van der Waals surface area contributed by atoms with Gasteiger partial charge in [0.25, 0.3) is 0 Å². The summed E-state index contributed by atoms with van der Waals surface area (Å²) in [6, 6.07) is 25.2. The first-order chi connectivity index (χ1) is 14.8. The van der Waals surface area contributed by atoms with Crippen molar-refractivity contribution in [2.24, 2.45) is 0 Å². The van der Waals surface area contributed by atoms with Crippen LogP contribution >= 0.6 is 0 Å². The zero-order valence-corrected chi connectivity index (χ0v) is 19.9. The third kappa shape index (κ3) is 7.45. The Morgan fingerprint density at radius 1 is 0.710 bits per heavy atom. The van der Waals surface area contributed by atoms with Gasteiger partial charge in [-0.25, -0.2) is 0 Å². The molecule has 0 fully saturated rings. The van der Waals surface area contributed by atoms with Crippen molar-refractivity contribution in [1.82, 2.24) is 0 Å². The van der Waals surface area contributed by atoms with Crippen molar-refractivity contribution in [2.75, 3.05) is 11.5 Å². The summed E-state index contributed by atoms with van der Waals surface area (Å²) in [4.78, 5) is 2.24. The molecule has 0 radical (unpaired) electrons. The highest BCUT2D eigenvalue weighted by molar-refractivity contribution is 5.76. The van der Waals surface area contributed by atoms with Crippen LogP contribution in [0.2, 0.25) is 0 Å². The van der Waals surface area contributed by atoms with Crippen LogP contribution in [-0.2, 0) is 0 Å². The van der Waals surface area contributed by atoms with Crippen molar-refractivity contribution in [3.8, 4) is 5.75 Å². The molecule has 0 atom stereocenters. The predicted octanol–water partition coefficient (Wildman–Crippen LogP) is 7.73. The molecule has 0 amide bonds. The number of aliphatic hydroxyl groups excluding tert-OH is 1. The largest absolute Gasteiger partial charge is 0.488 e. The molecular formula is C28H37NO2. The molecule has 0 bridgehead atoms. The lowest BCUT2D eigenvalue weighted by Gasteiger charge is -2.28. The Labute approximate surface area is 188 Å². The molecular weight excluding hydrogens is 382 g/mol. The molecule has 0 aliphatic rings. The van der Waals surface area contributed by atoms with Gasteiger partial charge in [-0.05, 0) is 76.2 Å². The molecule has 3 heteroatoms. The number of benzene rings is 3. The number of nitrogens with zero attached hydrogens (tertiary/aromatic N) is 1. The van der Waals surface area contributed by atoms with Gasteiger partial charge in [0.2, 0.25) is 0 Å². The predicted molar refractivity (Wildman–Crippen MR) is 133 cm³/mol. The molecule has 0 heterocycles. The number of ether oxygens (including phenoxy) is 1. The van der Waals surface area contributed by atoms with E-state index >= 15 is 0 Å². The van der Waals surface area contributed by atoms with E-state index in [1.165, 1.54) is 17.5 Å². The number of hydrogen-bond donors (Lipinski definition) is 1. The van der Waals surface area contributed by atoms with Gasteiger partial charge in [-0.15, -0.1) is 0 Å². The summed E-state index contributed by atoms with van der Waals surface area (Å²) >= 11 is 0. The molecule has 0 spiro atoms. The summed E-state index contributed by atoms with van der Waals surface area (Å²) in [5.41, 5.74) is 5.38. The van der Waals surface area contributed by atoms with Crippen molar-refractivity contribution < 1.29 is 9.84 Å². The van der Waals surface area contributed by atoms with Crippen LogP contribution in [0.5, 0.6) is 5.75 Å². The Morgan fingerprint density at radius 2 is 1.06 bits per heavy atom. The van der Waals surface area contributed by atoms with Gasteiger partial charge < -0.3 is 14.7 Å². The van der Waals surface area contributed by atoms with Crippen molar-refractivity contribution >= 4 is 17.1 Å². The minimum absolute atomic E-state index is 0.111. The highest BCUT2D eigenvalue weighted by Gasteiger charge is 2.19. The second-order valence-electron chi connectivity index (χ2n) is 8.54. The molecule has 0 unspecified atom stereocenters. The molecule has 3 aromatic rings. The summed E-state index contributed by atoms with van der Waals surface area (Å²) in [6.45, 7) is 12.5. The summed E-state index contributed by atoms with van der Waals surface area (Å²) < 4.78 is 6.04. The normalized spacial score (nSPS) is 10.8. The van der Waals surface area contributed by atoms with Gasteiger partial charge in [0.05, 0.1) is 0 Å². The van der Waals surface area contributed by atoms with Gasteiger partial charge in [-0.3, -0.25) is 0 Å². The van der Waals surface area contributed by atoms with Crippen molar-refractivity contribution in [2.45, 2.75) is 60.0 Å². The fourth-order valence-electron chi connectivity index (χ4n) is 3.14. The van der Waals surface area contributed by atoms with E-state index in [-0.39, 0.29) is 6.61 Å². The lowest BCUT2D eigenvalue weighted by atomic mass is 10.1. The van der Waals surface area contributed by atoms with Gasteiger partial charge in [0, 0.05) is 30.1 Å². The van der Waals surface area contributed by atoms with E-state index in [4.69, 9.17) is 4.74 Å². The van der Waals surface area contributed by atoms with Crippen LogP contribution in [-0.4, -0.2) is 17.3 Å². The third-order valence-corrected chi connectivity index (χ3v) is 4.79. The van der Waals surface area contributed by atoms with E-state index in [9.17, 15) is 5.11 Å². The van der Waals surface area contributed by atoms with E-state index < -0.39 is 5.60 Å². The summed E-state index contributed by atoms with van der Waals surface area (Å²) in [5, 5.41) is 9.20. The number of hydrogen-bond acceptors (Lipinski definition) is 3. The summed E-state index contributed by atoms with van der Waals surface area (Å²) in [7, 11) is 0. The Balaban J connectivity index is 0.00000107. The van der Waals surface area contributed by atoms with Crippen LogP contribution in [0.25, 0.3) is 0 Å². The topological polar surface area (TPSA) is 32.7 Å². The Kier molecular flexibility index (Phi) is 9.14. The molecule has 166 valence electrons. The number of aryl methyl sites for hydroxylation is 2. The first-order valence-corrected chi connectivity index (χ1v) is 11.1. The molecule has 0 saturated carbocycles. The minimum atomic E-state index is -0.399. The SMILES string of the molecule is CCC.Cc1ccc(N(c2ccc(C)cc2)c2ccc(OC(C)(C)CCO)cc2)cc1. The molecule has 3 rings (SSSR count). The van der Waals surface area contributed by atoms with Gasteiger partial charge in [-0.2, -0.15) is 0 Å². The van der Waals surface area contributed by atoms with E-state index in [0.29, 0.717) is 6.42 Å². The minimum Gasteiger partial charge on any atom is -0.488 e. The van der Waals surface area contributed by atoms with Gasteiger partial charge in [0.15, 0.2) is 0 Å². The van der Waals surface area contributed by atoms with E-state index in [1.807, 2.05) is 26.0 Å². The Morgan fingerprint density at radius 3 is 1.42 bits per heavy atom. The maximum absolute atomic E-state index is 9.20. The zero-order chi connectivity index (χ0) is 22.9.